The number of hydrogen-bond acceptors (Lipinski definition) is 8. The maximum absolute atomic E-state index is 11.8. The zero-order valence-electron chi connectivity index (χ0n) is 12.2. The van der Waals surface area contributed by atoms with Crippen LogP contribution in [0.2, 0.25) is 0 Å². The van der Waals surface area contributed by atoms with Crippen LogP contribution in [0.4, 0.5) is 5.95 Å². The number of furan rings is 1. The third-order valence-electron chi connectivity index (χ3n) is 2.77. The van der Waals surface area contributed by atoms with Gasteiger partial charge >= 0.3 is 11.9 Å². The monoisotopic (exact) mass is 305 g/mol. The molecule has 0 saturated heterocycles. The Bertz CT molecular complexity index is 641. The molecule has 2 heterocycles. The van der Waals surface area contributed by atoms with E-state index in [0.717, 1.165) is 0 Å². The number of likely N-dealkylation sites (N-methyl/N-ethyl adjacent to an activating group) is 1. The topological polar surface area (TPSA) is 94.8 Å². The molecule has 0 aliphatic rings. The van der Waals surface area contributed by atoms with E-state index in [1.807, 2.05) is 0 Å². The van der Waals surface area contributed by atoms with Crippen molar-refractivity contribution >= 4 is 17.9 Å². The van der Waals surface area contributed by atoms with Gasteiger partial charge in [-0.05, 0) is 12.1 Å². The number of carbonyl (C=O) groups is 2. The molecule has 0 aliphatic heterocycles. The molecule has 0 aliphatic carbocycles. The molecule has 0 fully saturated rings. The maximum atomic E-state index is 11.8. The summed E-state index contributed by atoms with van der Waals surface area (Å²) in [6.07, 6.45) is 4.49. The Labute approximate surface area is 126 Å². The number of anilines is 1. The van der Waals surface area contributed by atoms with E-state index < -0.39 is 11.9 Å². The van der Waals surface area contributed by atoms with E-state index in [1.54, 1.807) is 30.4 Å². The van der Waals surface area contributed by atoms with Crippen molar-refractivity contribution in [2.75, 3.05) is 25.6 Å². The van der Waals surface area contributed by atoms with Crippen LogP contribution < -0.4 is 4.90 Å². The van der Waals surface area contributed by atoms with E-state index in [2.05, 4.69) is 14.7 Å². The number of esters is 2. The van der Waals surface area contributed by atoms with Crippen molar-refractivity contribution in [3.05, 3.63) is 42.1 Å². The van der Waals surface area contributed by atoms with Crippen LogP contribution in [0.25, 0.3) is 0 Å². The minimum atomic E-state index is -0.547. The Hall–Kier alpha value is -2.90. The highest BCUT2D eigenvalue weighted by Crippen LogP contribution is 2.13. The van der Waals surface area contributed by atoms with Gasteiger partial charge in [-0.1, -0.05) is 0 Å². The van der Waals surface area contributed by atoms with Crippen LogP contribution in [0.3, 0.4) is 0 Å². The van der Waals surface area contributed by atoms with Crippen LogP contribution >= 0.6 is 0 Å². The van der Waals surface area contributed by atoms with Crippen molar-refractivity contribution in [1.29, 1.82) is 0 Å². The molecule has 8 nitrogen and oxygen atoms in total. The van der Waals surface area contributed by atoms with E-state index in [9.17, 15) is 9.59 Å². The highest BCUT2D eigenvalue weighted by Gasteiger charge is 2.17. The Balaban J connectivity index is 1.88. The summed E-state index contributed by atoms with van der Waals surface area (Å²) in [4.78, 5) is 32.8. The van der Waals surface area contributed by atoms with Crippen LogP contribution in [0, 0.1) is 0 Å². The molecule has 8 heteroatoms. The summed E-state index contributed by atoms with van der Waals surface area (Å²) >= 11 is 0. The molecule has 0 unspecified atom stereocenters. The summed E-state index contributed by atoms with van der Waals surface area (Å²) < 4.78 is 14.8. The van der Waals surface area contributed by atoms with Gasteiger partial charge in [0.1, 0.15) is 18.7 Å². The number of methoxy groups -OCH3 is 1. The fourth-order valence-corrected chi connectivity index (χ4v) is 1.69. The van der Waals surface area contributed by atoms with Crippen molar-refractivity contribution < 1.29 is 23.5 Å². The molecule has 0 atom stereocenters. The standard InChI is InChI=1S/C14H15N3O5/c1-17(14-15-5-3-6-16-14)8-12(18)22-9-11-10(4-7-21-11)13(19)20-2/h3-7H,8-9H2,1-2H3. The van der Waals surface area contributed by atoms with E-state index >= 15 is 0 Å². The molecule has 0 radical (unpaired) electrons. The average molecular weight is 305 g/mol. The summed E-state index contributed by atoms with van der Waals surface area (Å²) in [6, 6.07) is 3.14. The van der Waals surface area contributed by atoms with E-state index in [0.29, 0.717) is 5.95 Å². The van der Waals surface area contributed by atoms with Crippen molar-refractivity contribution in [3.63, 3.8) is 0 Å². The summed E-state index contributed by atoms with van der Waals surface area (Å²) in [7, 11) is 2.93. The predicted octanol–water partition coefficient (Wildman–Crippen LogP) is 1.04. The fourth-order valence-electron chi connectivity index (χ4n) is 1.69. The molecular formula is C14H15N3O5. The predicted molar refractivity (Wildman–Crippen MR) is 75.1 cm³/mol. The van der Waals surface area contributed by atoms with Gasteiger partial charge in [0.25, 0.3) is 0 Å². The van der Waals surface area contributed by atoms with Gasteiger partial charge in [0.05, 0.1) is 13.4 Å². The van der Waals surface area contributed by atoms with Crippen molar-refractivity contribution in [2.45, 2.75) is 6.61 Å². The molecule has 2 aromatic heterocycles. The summed E-state index contributed by atoms with van der Waals surface area (Å²) in [5.41, 5.74) is 0.232. The molecule has 0 aromatic carbocycles. The van der Waals surface area contributed by atoms with Crippen molar-refractivity contribution in [1.82, 2.24) is 9.97 Å². The van der Waals surface area contributed by atoms with Gasteiger partial charge < -0.3 is 18.8 Å². The third kappa shape index (κ3) is 3.81. The second-order valence-corrected chi connectivity index (χ2v) is 4.31. The zero-order chi connectivity index (χ0) is 15.9. The highest BCUT2D eigenvalue weighted by atomic mass is 16.5. The van der Waals surface area contributed by atoms with Gasteiger partial charge in [0, 0.05) is 19.4 Å². The number of ether oxygens (including phenoxy) is 2. The SMILES string of the molecule is COC(=O)c1ccoc1COC(=O)CN(C)c1ncccn1. The van der Waals surface area contributed by atoms with Crippen LogP contribution in [0.15, 0.2) is 35.2 Å². The number of aromatic nitrogens is 2. The summed E-state index contributed by atoms with van der Waals surface area (Å²) in [6.45, 7) is -0.183. The molecule has 0 bridgehead atoms. The van der Waals surface area contributed by atoms with E-state index in [1.165, 1.54) is 19.4 Å². The van der Waals surface area contributed by atoms with Gasteiger partial charge in [-0.2, -0.15) is 0 Å². The first kappa shape index (κ1) is 15.5. The third-order valence-corrected chi connectivity index (χ3v) is 2.77. The lowest BCUT2D eigenvalue weighted by atomic mass is 10.2. The Morgan fingerprint density at radius 1 is 1.32 bits per heavy atom. The van der Waals surface area contributed by atoms with Gasteiger partial charge in [0.2, 0.25) is 5.95 Å². The maximum Gasteiger partial charge on any atom is 0.341 e. The largest absolute Gasteiger partial charge is 0.465 e. The quantitative estimate of drug-likeness (QED) is 0.730. The number of hydrogen-bond donors (Lipinski definition) is 0. The van der Waals surface area contributed by atoms with Gasteiger partial charge in [0.15, 0.2) is 5.76 Å². The van der Waals surface area contributed by atoms with Crippen molar-refractivity contribution in [2.24, 2.45) is 0 Å². The normalized spacial score (nSPS) is 10.1. The molecule has 0 spiro atoms. The highest BCUT2D eigenvalue weighted by molar-refractivity contribution is 5.90. The lowest BCUT2D eigenvalue weighted by Crippen LogP contribution is -2.28. The second-order valence-electron chi connectivity index (χ2n) is 4.31. The van der Waals surface area contributed by atoms with E-state index in [4.69, 9.17) is 9.15 Å². The molecule has 0 amide bonds. The Morgan fingerprint density at radius 2 is 2.05 bits per heavy atom. The fraction of sp³-hybridized carbons (Fsp3) is 0.286. The Morgan fingerprint density at radius 3 is 2.73 bits per heavy atom. The first-order valence-electron chi connectivity index (χ1n) is 6.40. The van der Waals surface area contributed by atoms with Gasteiger partial charge in [-0.15, -0.1) is 0 Å². The van der Waals surface area contributed by atoms with Crippen molar-refractivity contribution in [3.8, 4) is 0 Å². The summed E-state index contributed by atoms with van der Waals surface area (Å²) in [5.74, 6) is -0.400. The average Bonchev–Trinajstić information content (AvgIpc) is 3.01. The second kappa shape index (κ2) is 7.21. The van der Waals surface area contributed by atoms with Gasteiger partial charge in [-0.3, -0.25) is 4.79 Å². The minimum Gasteiger partial charge on any atom is -0.465 e. The smallest absolute Gasteiger partial charge is 0.341 e. The number of rotatable bonds is 6. The zero-order valence-corrected chi connectivity index (χ0v) is 12.2. The first-order valence-corrected chi connectivity index (χ1v) is 6.40. The summed E-state index contributed by atoms with van der Waals surface area (Å²) in [5, 5.41) is 0. The van der Waals surface area contributed by atoms with Crippen LogP contribution in [-0.2, 0) is 20.9 Å². The van der Waals surface area contributed by atoms with Crippen LogP contribution in [0.5, 0.6) is 0 Å². The molecule has 0 saturated carbocycles. The van der Waals surface area contributed by atoms with Crippen LogP contribution in [0.1, 0.15) is 16.1 Å². The van der Waals surface area contributed by atoms with E-state index in [-0.39, 0.29) is 24.5 Å². The number of nitrogens with zero attached hydrogens (tertiary/aromatic N) is 3. The van der Waals surface area contributed by atoms with Gasteiger partial charge in [-0.25, -0.2) is 14.8 Å². The van der Waals surface area contributed by atoms with Crippen LogP contribution in [-0.4, -0.2) is 42.6 Å². The molecule has 116 valence electrons. The molecule has 22 heavy (non-hydrogen) atoms. The lowest BCUT2D eigenvalue weighted by Gasteiger charge is -2.15. The minimum absolute atomic E-state index is 0.0295. The molecule has 0 N–H and O–H groups in total. The lowest BCUT2D eigenvalue weighted by molar-refractivity contribution is -0.143. The molecule has 2 aromatic rings. The Kier molecular flexibility index (Phi) is 5.07. The molecule has 2 rings (SSSR count). The molecular weight excluding hydrogens is 290 g/mol. The first-order chi connectivity index (χ1) is 10.6. The number of carbonyl (C=O) groups excluding carboxylic acids is 2.